The number of carboxylic acids is 1. The normalized spacial score (nSPS) is 9.87. The molecule has 0 radical (unpaired) electrons. The molecule has 1 aromatic rings. The number of rotatable bonds is 3. The van der Waals surface area contributed by atoms with Gasteiger partial charge in [0.2, 0.25) is 0 Å². The molecule has 0 aliphatic rings. The van der Waals surface area contributed by atoms with Crippen LogP contribution in [0.3, 0.4) is 0 Å². The van der Waals surface area contributed by atoms with Gasteiger partial charge in [-0.2, -0.15) is 0 Å². The Morgan fingerprint density at radius 1 is 1.47 bits per heavy atom. The fourth-order valence-electron chi connectivity index (χ4n) is 0.897. The Hall–Kier alpha value is -1.31. The van der Waals surface area contributed by atoms with Crippen molar-refractivity contribution in [2.45, 2.75) is 0 Å². The number of carbonyl (C=O) groups is 1. The zero-order valence-corrected chi connectivity index (χ0v) is 7.90. The Morgan fingerprint density at radius 3 is 2.53 bits per heavy atom. The van der Waals surface area contributed by atoms with Gasteiger partial charge in [0.1, 0.15) is 5.75 Å². The summed E-state index contributed by atoms with van der Waals surface area (Å²) in [4.78, 5) is 10.6. The van der Waals surface area contributed by atoms with Gasteiger partial charge in [-0.15, -0.1) is 0 Å². The van der Waals surface area contributed by atoms with Gasteiger partial charge in [0, 0.05) is 0 Å². The van der Waals surface area contributed by atoms with Gasteiger partial charge in [0.05, 0.1) is 10.6 Å². The standard InChI is InChI=1S/C7H5BClFO5/c9-4-2-5(10)6(15-8(13)14)1-3(4)7(11)12/h1-2,13-14H,(H,11,12). The molecular weight excluding hydrogens is 229 g/mol. The van der Waals surface area contributed by atoms with Gasteiger partial charge in [-0.25, -0.2) is 9.18 Å². The highest BCUT2D eigenvalue weighted by molar-refractivity contribution is 6.34. The SMILES string of the molecule is O=C(O)c1cc(OB(O)O)c(F)cc1Cl. The van der Waals surface area contributed by atoms with Crippen molar-refractivity contribution in [2.75, 3.05) is 0 Å². The van der Waals surface area contributed by atoms with Crippen molar-refractivity contribution in [2.24, 2.45) is 0 Å². The predicted molar refractivity (Wildman–Crippen MR) is 49.2 cm³/mol. The summed E-state index contributed by atoms with van der Waals surface area (Å²) in [7, 11) is -2.23. The molecule has 15 heavy (non-hydrogen) atoms. The second kappa shape index (κ2) is 4.48. The summed E-state index contributed by atoms with van der Waals surface area (Å²) in [5.41, 5.74) is -0.395. The van der Waals surface area contributed by atoms with Gasteiger partial charge in [-0.05, 0) is 12.1 Å². The van der Waals surface area contributed by atoms with Crippen LogP contribution in [0, 0.1) is 5.82 Å². The molecule has 0 amide bonds. The molecule has 0 aromatic heterocycles. The number of halogens is 2. The van der Waals surface area contributed by atoms with Crippen molar-refractivity contribution < 1.29 is 29.0 Å². The maximum atomic E-state index is 13.0. The first-order valence-corrected chi connectivity index (χ1v) is 4.04. The molecule has 5 nitrogen and oxygen atoms in total. The summed E-state index contributed by atoms with van der Waals surface area (Å²) in [6, 6.07) is 1.47. The molecule has 8 heteroatoms. The topological polar surface area (TPSA) is 87.0 Å². The Morgan fingerprint density at radius 2 is 2.07 bits per heavy atom. The van der Waals surface area contributed by atoms with E-state index in [1.165, 1.54) is 0 Å². The van der Waals surface area contributed by atoms with Crippen LogP contribution >= 0.6 is 11.6 Å². The second-order valence-corrected chi connectivity index (χ2v) is 2.92. The number of benzene rings is 1. The molecule has 0 heterocycles. The van der Waals surface area contributed by atoms with E-state index in [0.717, 1.165) is 6.07 Å². The maximum Gasteiger partial charge on any atom is 0.707 e. The molecule has 1 rings (SSSR count). The van der Waals surface area contributed by atoms with Gasteiger partial charge in [-0.1, -0.05) is 11.6 Å². The van der Waals surface area contributed by atoms with Gasteiger partial charge in [0.15, 0.2) is 5.82 Å². The van der Waals surface area contributed by atoms with Crippen molar-refractivity contribution in [3.8, 4) is 5.75 Å². The number of aromatic carboxylic acids is 1. The van der Waals surface area contributed by atoms with Crippen LogP contribution < -0.4 is 4.65 Å². The highest BCUT2D eigenvalue weighted by Gasteiger charge is 2.19. The lowest BCUT2D eigenvalue weighted by molar-refractivity contribution is 0.0696. The van der Waals surface area contributed by atoms with E-state index in [2.05, 4.69) is 4.65 Å². The summed E-state index contributed by atoms with van der Waals surface area (Å²) >= 11 is 5.43. The molecular formula is C7H5BClFO5. The monoisotopic (exact) mass is 234 g/mol. The zero-order chi connectivity index (χ0) is 11.6. The molecule has 0 saturated heterocycles. The summed E-state index contributed by atoms with van der Waals surface area (Å²) in [6.07, 6.45) is 0. The van der Waals surface area contributed by atoms with Gasteiger partial charge < -0.3 is 19.8 Å². The minimum Gasteiger partial charge on any atom is -0.510 e. The van der Waals surface area contributed by atoms with E-state index in [1.54, 1.807) is 0 Å². The Labute approximate surface area is 88.9 Å². The fraction of sp³-hybridized carbons (Fsp3) is 0. The maximum absolute atomic E-state index is 13.0. The molecule has 0 unspecified atom stereocenters. The van der Waals surface area contributed by atoms with Gasteiger partial charge in [-0.3, -0.25) is 0 Å². The minimum atomic E-state index is -2.23. The molecule has 1 aromatic carbocycles. The molecule has 3 N–H and O–H groups in total. The van der Waals surface area contributed by atoms with Crippen LogP contribution in [0.5, 0.6) is 5.75 Å². The van der Waals surface area contributed by atoms with E-state index < -0.39 is 30.4 Å². The van der Waals surface area contributed by atoms with Crippen molar-refractivity contribution in [3.05, 3.63) is 28.5 Å². The van der Waals surface area contributed by atoms with E-state index in [9.17, 15) is 9.18 Å². The fourth-order valence-corrected chi connectivity index (χ4v) is 1.13. The number of hydrogen-bond acceptors (Lipinski definition) is 4. The van der Waals surface area contributed by atoms with E-state index in [0.29, 0.717) is 6.07 Å². The molecule has 0 fully saturated rings. The molecule has 0 bridgehead atoms. The van der Waals surface area contributed by atoms with Gasteiger partial charge in [0.25, 0.3) is 0 Å². The molecule has 80 valence electrons. The van der Waals surface area contributed by atoms with Crippen LogP contribution in [-0.2, 0) is 0 Å². The molecule has 0 spiro atoms. The Bertz CT molecular complexity index is 397. The van der Waals surface area contributed by atoms with Crippen molar-refractivity contribution >= 4 is 24.9 Å². The summed E-state index contributed by atoms with van der Waals surface area (Å²) in [6.45, 7) is 0. The second-order valence-electron chi connectivity index (χ2n) is 2.51. The lowest BCUT2D eigenvalue weighted by Crippen LogP contribution is -2.21. The lowest BCUT2D eigenvalue weighted by Gasteiger charge is -2.07. The van der Waals surface area contributed by atoms with Crippen LogP contribution in [0.2, 0.25) is 5.02 Å². The Balaban J connectivity index is 3.17. The predicted octanol–water partition coefficient (Wildman–Crippen LogP) is 0.526. The van der Waals surface area contributed by atoms with E-state index in [1.807, 2.05) is 0 Å². The summed E-state index contributed by atoms with van der Waals surface area (Å²) in [5, 5.41) is 25.2. The van der Waals surface area contributed by atoms with Gasteiger partial charge >= 0.3 is 13.3 Å². The summed E-state index contributed by atoms with van der Waals surface area (Å²) in [5.74, 6) is -2.97. The molecule has 0 atom stereocenters. The number of carboxylic acid groups (broad SMARTS) is 1. The first kappa shape index (κ1) is 11.8. The zero-order valence-electron chi connectivity index (χ0n) is 7.15. The van der Waals surface area contributed by atoms with Crippen LogP contribution in [0.25, 0.3) is 0 Å². The third kappa shape index (κ3) is 2.82. The first-order valence-electron chi connectivity index (χ1n) is 3.67. The van der Waals surface area contributed by atoms with Crippen LogP contribution in [-0.4, -0.2) is 28.4 Å². The average Bonchev–Trinajstić information content (AvgIpc) is 2.08. The van der Waals surface area contributed by atoms with Crippen LogP contribution in [0.1, 0.15) is 10.4 Å². The van der Waals surface area contributed by atoms with E-state index >= 15 is 0 Å². The average molecular weight is 234 g/mol. The van der Waals surface area contributed by atoms with E-state index in [4.69, 9.17) is 26.8 Å². The molecule has 0 aliphatic carbocycles. The highest BCUT2D eigenvalue weighted by atomic mass is 35.5. The van der Waals surface area contributed by atoms with Crippen LogP contribution in [0.15, 0.2) is 12.1 Å². The van der Waals surface area contributed by atoms with E-state index in [-0.39, 0.29) is 5.02 Å². The number of hydrogen-bond donors (Lipinski definition) is 3. The third-order valence-electron chi connectivity index (χ3n) is 1.48. The molecule has 0 aliphatic heterocycles. The lowest BCUT2D eigenvalue weighted by atomic mass is 10.2. The first-order chi connectivity index (χ1) is 6.91. The van der Waals surface area contributed by atoms with Crippen LogP contribution in [0.4, 0.5) is 4.39 Å². The minimum absolute atomic E-state index is 0.306. The van der Waals surface area contributed by atoms with Crippen molar-refractivity contribution in [3.63, 3.8) is 0 Å². The third-order valence-corrected chi connectivity index (χ3v) is 1.80. The smallest absolute Gasteiger partial charge is 0.510 e. The molecule has 0 saturated carbocycles. The summed E-state index contributed by atoms with van der Waals surface area (Å²) < 4.78 is 17.2. The van der Waals surface area contributed by atoms with Crippen molar-refractivity contribution in [1.82, 2.24) is 0 Å². The van der Waals surface area contributed by atoms with Crippen molar-refractivity contribution in [1.29, 1.82) is 0 Å². The quantitative estimate of drug-likeness (QED) is 0.664. The largest absolute Gasteiger partial charge is 0.707 e. The Kier molecular flexibility index (Phi) is 3.51. The highest BCUT2D eigenvalue weighted by Crippen LogP contribution is 2.26.